The summed E-state index contributed by atoms with van der Waals surface area (Å²) in [5.41, 5.74) is -0.00640. The lowest BCUT2D eigenvalue weighted by Crippen LogP contribution is -2.55. The molecule has 1 aliphatic heterocycles. The van der Waals surface area contributed by atoms with Gasteiger partial charge in [-0.15, -0.1) is 0 Å². The Morgan fingerprint density at radius 1 is 1.42 bits per heavy atom. The second kappa shape index (κ2) is 5.51. The maximum atomic E-state index is 12.2. The highest BCUT2D eigenvalue weighted by Gasteiger charge is 2.43. The monoisotopic (exact) mass is 269 g/mol. The highest BCUT2D eigenvalue weighted by Crippen LogP contribution is 2.34. The van der Waals surface area contributed by atoms with Crippen LogP contribution in [0.25, 0.3) is 0 Å². The van der Waals surface area contributed by atoms with E-state index in [2.05, 4.69) is 27.7 Å². The second-order valence-corrected chi connectivity index (χ2v) is 6.95. The van der Waals surface area contributed by atoms with Crippen molar-refractivity contribution in [3.05, 3.63) is 0 Å². The van der Waals surface area contributed by atoms with Crippen molar-refractivity contribution in [2.24, 2.45) is 23.2 Å². The van der Waals surface area contributed by atoms with Crippen LogP contribution in [-0.4, -0.2) is 34.5 Å². The number of amides is 1. The SMILES string of the molecule is CC1CC(=O)N(CC(C)(C)C(C)C)C(C)C1C(=O)O. The Bertz CT molecular complexity index is 362. The number of rotatable bonds is 4. The van der Waals surface area contributed by atoms with Crippen LogP contribution in [0, 0.1) is 23.2 Å². The highest BCUT2D eigenvalue weighted by atomic mass is 16.4. The summed E-state index contributed by atoms with van der Waals surface area (Å²) in [6.07, 6.45) is 0.343. The maximum Gasteiger partial charge on any atom is 0.308 e. The van der Waals surface area contributed by atoms with Crippen LogP contribution in [0.5, 0.6) is 0 Å². The average molecular weight is 269 g/mol. The van der Waals surface area contributed by atoms with E-state index in [0.717, 1.165) is 0 Å². The van der Waals surface area contributed by atoms with E-state index < -0.39 is 11.9 Å². The number of hydrogen-bond donors (Lipinski definition) is 1. The Kier molecular flexibility index (Phi) is 4.64. The lowest BCUT2D eigenvalue weighted by molar-refractivity contribution is -0.156. The van der Waals surface area contributed by atoms with Crippen LogP contribution >= 0.6 is 0 Å². The van der Waals surface area contributed by atoms with Gasteiger partial charge in [0.05, 0.1) is 5.92 Å². The van der Waals surface area contributed by atoms with Crippen molar-refractivity contribution in [1.82, 2.24) is 4.90 Å². The standard InChI is InChI=1S/C15H27NO3/c1-9(2)15(5,6)8-16-11(4)13(14(18)19)10(3)7-12(16)17/h9-11,13H,7-8H2,1-6H3,(H,18,19). The number of carbonyl (C=O) groups is 2. The van der Waals surface area contributed by atoms with E-state index in [4.69, 9.17) is 0 Å². The summed E-state index contributed by atoms with van der Waals surface area (Å²) in [6, 6.07) is -0.230. The van der Waals surface area contributed by atoms with Crippen LogP contribution in [0.1, 0.15) is 48.0 Å². The van der Waals surface area contributed by atoms with Gasteiger partial charge < -0.3 is 10.0 Å². The molecule has 4 nitrogen and oxygen atoms in total. The van der Waals surface area contributed by atoms with E-state index in [1.54, 1.807) is 4.90 Å². The zero-order valence-electron chi connectivity index (χ0n) is 12.9. The number of carbonyl (C=O) groups excluding carboxylic acids is 1. The number of piperidine rings is 1. The fraction of sp³-hybridized carbons (Fsp3) is 0.867. The predicted molar refractivity (Wildman–Crippen MR) is 74.7 cm³/mol. The van der Waals surface area contributed by atoms with Crippen molar-refractivity contribution in [2.75, 3.05) is 6.54 Å². The van der Waals surface area contributed by atoms with Crippen LogP contribution in [0.2, 0.25) is 0 Å². The van der Waals surface area contributed by atoms with Crippen LogP contribution in [0.4, 0.5) is 0 Å². The Morgan fingerprint density at radius 2 is 1.95 bits per heavy atom. The van der Waals surface area contributed by atoms with Gasteiger partial charge in [-0.1, -0.05) is 34.6 Å². The zero-order chi connectivity index (χ0) is 15.0. The molecular weight excluding hydrogens is 242 g/mol. The number of carboxylic acid groups (broad SMARTS) is 1. The molecule has 110 valence electrons. The van der Waals surface area contributed by atoms with Crippen molar-refractivity contribution in [2.45, 2.75) is 54.0 Å². The minimum absolute atomic E-state index is 0.00640. The van der Waals surface area contributed by atoms with Gasteiger partial charge in [0.2, 0.25) is 5.91 Å². The van der Waals surface area contributed by atoms with Crippen molar-refractivity contribution in [1.29, 1.82) is 0 Å². The topological polar surface area (TPSA) is 57.6 Å². The van der Waals surface area contributed by atoms with E-state index in [-0.39, 0.29) is 23.3 Å². The van der Waals surface area contributed by atoms with Gasteiger partial charge in [0.1, 0.15) is 0 Å². The van der Waals surface area contributed by atoms with Gasteiger partial charge in [0, 0.05) is 19.0 Å². The molecule has 3 atom stereocenters. The minimum atomic E-state index is -0.792. The summed E-state index contributed by atoms with van der Waals surface area (Å²) in [7, 11) is 0. The summed E-state index contributed by atoms with van der Waals surface area (Å²) >= 11 is 0. The number of nitrogens with zero attached hydrogens (tertiary/aromatic N) is 1. The maximum absolute atomic E-state index is 12.2. The fourth-order valence-corrected chi connectivity index (χ4v) is 2.72. The Balaban J connectivity index is 2.93. The lowest BCUT2D eigenvalue weighted by Gasteiger charge is -2.45. The Labute approximate surface area is 116 Å². The van der Waals surface area contributed by atoms with Crippen LogP contribution in [-0.2, 0) is 9.59 Å². The summed E-state index contributed by atoms with van der Waals surface area (Å²) in [6.45, 7) is 12.9. The normalized spacial score (nSPS) is 28.9. The molecular formula is C15H27NO3. The summed E-state index contributed by atoms with van der Waals surface area (Å²) in [4.78, 5) is 25.4. The molecule has 1 N–H and O–H groups in total. The quantitative estimate of drug-likeness (QED) is 0.853. The van der Waals surface area contributed by atoms with Gasteiger partial charge >= 0.3 is 5.97 Å². The third-order valence-corrected chi connectivity index (χ3v) is 4.87. The third-order valence-electron chi connectivity index (χ3n) is 4.87. The first kappa shape index (κ1) is 16.0. The zero-order valence-corrected chi connectivity index (χ0v) is 12.9. The molecule has 1 saturated heterocycles. The van der Waals surface area contributed by atoms with Gasteiger partial charge in [-0.3, -0.25) is 9.59 Å². The van der Waals surface area contributed by atoms with E-state index in [9.17, 15) is 14.7 Å². The smallest absolute Gasteiger partial charge is 0.308 e. The first-order chi connectivity index (χ1) is 8.58. The molecule has 1 rings (SSSR count). The molecule has 0 aliphatic carbocycles. The molecule has 1 heterocycles. The molecule has 1 amide bonds. The Morgan fingerprint density at radius 3 is 2.37 bits per heavy atom. The molecule has 0 spiro atoms. The summed E-state index contributed by atoms with van der Waals surface area (Å²) in [5, 5.41) is 9.35. The van der Waals surface area contributed by atoms with E-state index in [0.29, 0.717) is 18.9 Å². The summed E-state index contributed by atoms with van der Waals surface area (Å²) in [5.74, 6) is -0.805. The summed E-state index contributed by atoms with van der Waals surface area (Å²) < 4.78 is 0. The molecule has 4 heteroatoms. The molecule has 0 aromatic carbocycles. The highest BCUT2D eigenvalue weighted by molar-refractivity contribution is 5.81. The molecule has 0 radical (unpaired) electrons. The lowest BCUT2D eigenvalue weighted by atomic mass is 9.76. The first-order valence-corrected chi connectivity index (χ1v) is 7.10. The molecule has 0 aromatic rings. The number of aliphatic carboxylic acids is 1. The number of hydrogen-bond acceptors (Lipinski definition) is 2. The third kappa shape index (κ3) is 3.28. The molecule has 0 saturated carbocycles. The van der Waals surface area contributed by atoms with Gasteiger partial charge in [-0.05, 0) is 24.2 Å². The fourth-order valence-electron chi connectivity index (χ4n) is 2.72. The average Bonchev–Trinajstić information content (AvgIpc) is 2.23. The van der Waals surface area contributed by atoms with Crippen LogP contribution in [0.15, 0.2) is 0 Å². The number of likely N-dealkylation sites (tertiary alicyclic amines) is 1. The molecule has 0 bridgehead atoms. The largest absolute Gasteiger partial charge is 0.481 e. The molecule has 1 aliphatic rings. The second-order valence-electron chi connectivity index (χ2n) is 6.95. The molecule has 3 unspecified atom stereocenters. The van der Waals surface area contributed by atoms with Gasteiger partial charge in [-0.2, -0.15) is 0 Å². The van der Waals surface area contributed by atoms with Gasteiger partial charge in [-0.25, -0.2) is 0 Å². The number of carboxylic acids is 1. The molecule has 0 aromatic heterocycles. The Hall–Kier alpha value is -1.06. The molecule has 1 fully saturated rings. The molecule has 19 heavy (non-hydrogen) atoms. The van der Waals surface area contributed by atoms with Crippen molar-refractivity contribution < 1.29 is 14.7 Å². The van der Waals surface area contributed by atoms with Gasteiger partial charge in [0.25, 0.3) is 0 Å². The first-order valence-electron chi connectivity index (χ1n) is 7.10. The van der Waals surface area contributed by atoms with E-state index >= 15 is 0 Å². The van der Waals surface area contributed by atoms with Crippen molar-refractivity contribution >= 4 is 11.9 Å². The van der Waals surface area contributed by atoms with E-state index in [1.807, 2.05) is 13.8 Å². The van der Waals surface area contributed by atoms with Crippen LogP contribution in [0.3, 0.4) is 0 Å². The van der Waals surface area contributed by atoms with Gasteiger partial charge in [0.15, 0.2) is 0 Å². The van der Waals surface area contributed by atoms with Crippen molar-refractivity contribution in [3.8, 4) is 0 Å². The van der Waals surface area contributed by atoms with Crippen molar-refractivity contribution in [3.63, 3.8) is 0 Å². The van der Waals surface area contributed by atoms with E-state index in [1.165, 1.54) is 0 Å². The predicted octanol–water partition coefficient (Wildman–Crippen LogP) is 2.63. The minimum Gasteiger partial charge on any atom is -0.481 e. The van der Waals surface area contributed by atoms with Crippen LogP contribution < -0.4 is 0 Å².